The zero-order valence-corrected chi connectivity index (χ0v) is 26.5. The SMILES string of the molecule is CCC(C(=O)NC1CCCC1)N(Cc1c(Cl)cccc1Cl)C(=O)CN(c1cccc(Br)c1)S(=O)(=O)c1ccccc1. The Balaban J connectivity index is 1.74. The number of rotatable bonds is 11. The Morgan fingerprint density at radius 1 is 0.976 bits per heavy atom. The molecule has 1 unspecified atom stereocenters. The third-order valence-corrected chi connectivity index (χ3v) is 10.2. The van der Waals surface area contributed by atoms with Crippen LogP contribution in [-0.4, -0.2) is 43.8 Å². The lowest BCUT2D eigenvalue weighted by Gasteiger charge is -2.34. The summed E-state index contributed by atoms with van der Waals surface area (Å²) in [6.07, 6.45) is 4.17. The minimum Gasteiger partial charge on any atom is -0.352 e. The van der Waals surface area contributed by atoms with Crippen LogP contribution in [0, 0.1) is 0 Å². The van der Waals surface area contributed by atoms with Crippen LogP contribution in [0.15, 0.2) is 82.2 Å². The molecule has 1 saturated carbocycles. The number of amides is 2. The zero-order valence-electron chi connectivity index (χ0n) is 22.6. The number of hydrogen-bond acceptors (Lipinski definition) is 4. The average molecular weight is 681 g/mol. The quantitative estimate of drug-likeness (QED) is 0.241. The first-order chi connectivity index (χ1) is 19.6. The molecule has 3 aromatic carbocycles. The summed E-state index contributed by atoms with van der Waals surface area (Å²) in [7, 11) is -4.15. The second kappa shape index (κ2) is 14.1. The van der Waals surface area contributed by atoms with Gasteiger partial charge in [-0.3, -0.25) is 13.9 Å². The van der Waals surface area contributed by atoms with Crippen LogP contribution >= 0.6 is 39.1 Å². The fourth-order valence-corrected chi connectivity index (χ4v) is 7.35. The molecule has 0 spiro atoms. The molecule has 0 heterocycles. The van der Waals surface area contributed by atoms with Gasteiger partial charge in [-0.25, -0.2) is 8.42 Å². The molecule has 1 atom stereocenters. The van der Waals surface area contributed by atoms with Gasteiger partial charge in [0.05, 0.1) is 10.6 Å². The van der Waals surface area contributed by atoms with Crippen molar-refractivity contribution in [2.75, 3.05) is 10.8 Å². The number of halogens is 3. The summed E-state index contributed by atoms with van der Waals surface area (Å²) in [6.45, 7) is 1.22. The van der Waals surface area contributed by atoms with E-state index >= 15 is 0 Å². The lowest BCUT2D eigenvalue weighted by molar-refractivity contribution is -0.140. The van der Waals surface area contributed by atoms with Crippen LogP contribution in [0.5, 0.6) is 0 Å². The summed E-state index contributed by atoms with van der Waals surface area (Å²) >= 11 is 16.4. The molecule has 0 saturated heterocycles. The van der Waals surface area contributed by atoms with Crippen LogP contribution in [0.1, 0.15) is 44.6 Å². The molecule has 11 heteroatoms. The van der Waals surface area contributed by atoms with Crippen molar-refractivity contribution in [3.63, 3.8) is 0 Å². The van der Waals surface area contributed by atoms with Crippen molar-refractivity contribution in [1.29, 1.82) is 0 Å². The third kappa shape index (κ3) is 7.63. The Morgan fingerprint density at radius 3 is 2.22 bits per heavy atom. The van der Waals surface area contributed by atoms with E-state index in [2.05, 4.69) is 21.2 Å². The Kier molecular flexibility index (Phi) is 10.7. The molecular formula is C30H32BrCl2N3O4S. The second-order valence-corrected chi connectivity index (χ2v) is 13.5. The normalized spacial score (nSPS) is 14.4. The van der Waals surface area contributed by atoms with Crippen LogP contribution < -0.4 is 9.62 Å². The molecular weight excluding hydrogens is 649 g/mol. The number of carbonyl (C=O) groups is 2. The van der Waals surface area contributed by atoms with Gasteiger partial charge in [0.2, 0.25) is 11.8 Å². The van der Waals surface area contributed by atoms with Gasteiger partial charge in [0.15, 0.2) is 0 Å². The van der Waals surface area contributed by atoms with Crippen molar-refractivity contribution in [3.05, 3.63) is 92.9 Å². The van der Waals surface area contributed by atoms with Crippen molar-refractivity contribution in [1.82, 2.24) is 10.2 Å². The van der Waals surface area contributed by atoms with Crippen LogP contribution in [0.4, 0.5) is 5.69 Å². The number of sulfonamides is 1. The average Bonchev–Trinajstić information content (AvgIpc) is 3.46. The van der Waals surface area contributed by atoms with Gasteiger partial charge in [-0.2, -0.15) is 0 Å². The van der Waals surface area contributed by atoms with Gasteiger partial charge >= 0.3 is 0 Å². The van der Waals surface area contributed by atoms with Gasteiger partial charge in [-0.05, 0) is 61.7 Å². The number of benzene rings is 3. The first-order valence-corrected chi connectivity index (χ1v) is 16.5. The molecule has 1 N–H and O–H groups in total. The molecule has 1 aliphatic carbocycles. The van der Waals surface area contributed by atoms with Gasteiger partial charge in [0, 0.05) is 32.7 Å². The third-order valence-electron chi connectivity index (χ3n) is 7.18. The Hall–Kier alpha value is -2.59. The van der Waals surface area contributed by atoms with Crippen molar-refractivity contribution >= 4 is 66.7 Å². The minimum atomic E-state index is -4.15. The van der Waals surface area contributed by atoms with Crippen molar-refractivity contribution < 1.29 is 18.0 Å². The molecule has 0 radical (unpaired) electrons. The topological polar surface area (TPSA) is 86.8 Å². The van der Waals surface area contributed by atoms with Crippen LogP contribution in [0.25, 0.3) is 0 Å². The highest BCUT2D eigenvalue weighted by atomic mass is 79.9. The summed E-state index contributed by atoms with van der Waals surface area (Å²) in [4.78, 5) is 29.2. The first-order valence-electron chi connectivity index (χ1n) is 13.5. The van der Waals surface area contributed by atoms with Crippen molar-refractivity contribution in [2.24, 2.45) is 0 Å². The molecule has 1 fully saturated rings. The number of carbonyl (C=O) groups excluding carboxylic acids is 2. The van der Waals surface area contributed by atoms with Crippen molar-refractivity contribution in [3.8, 4) is 0 Å². The minimum absolute atomic E-state index is 0.0412. The standard InChI is InChI=1S/C30H32BrCl2N3O4S/c1-2-28(30(38)34-22-11-6-7-12-22)35(19-25-26(32)16-9-17-27(25)33)29(37)20-36(23-13-8-10-21(31)18-23)41(39,40)24-14-4-3-5-15-24/h3-5,8-10,13-18,22,28H,2,6-7,11-12,19-20H2,1H3,(H,34,38). The summed E-state index contributed by atoms with van der Waals surface area (Å²) in [6, 6.07) is 18.9. The van der Waals surface area contributed by atoms with Gasteiger partial charge in [-0.1, -0.05) is 89.2 Å². The Labute approximate surface area is 260 Å². The molecule has 4 rings (SSSR count). The molecule has 218 valence electrons. The van der Waals surface area contributed by atoms with E-state index in [1.54, 1.807) is 60.7 Å². The smallest absolute Gasteiger partial charge is 0.264 e. The largest absolute Gasteiger partial charge is 0.352 e. The Bertz CT molecular complexity index is 1460. The fourth-order valence-electron chi connectivity index (χ4n) is 5.02. The van der Waals surface area contributed by atoms with E-state index in [0.29, 0.717) is 32.2 Å². The van der Waals surface area contributed by atoms with Gasteiger partial charge in [0.25, 0.3) is 10.0 Å². The molecule has 7 nitrogen and oxygen atoms in total. The summed E-state index contributed by atoms with van der Waals surface area (Å²) in [5.74, 6) is -0.843. The molecule has 0 aliphatic heterocycles. The summed E-state index contributed by atoms with van der Waals surface area (Å²) in [5.41, 5.74) is 0.784. The highest BCUT2D eigenvalue weighted by molar-refractivity contribution is 9.10. The zero-order chi connectivity index (χ0) is 29.6. The maximum absolute atomic E-state index is 14.2. The van der Waals surface area contributed by atoms with Crippen LogP contribution in [0.2, 0.25) is 10.0 Å². The van der Waals surface area contributed by atoms with E-state index < -0.39 is 28.5 Å². The molecule has 41 heavy (non-hydrogen) atoms. The number of nitrogens with one attached hydrogen (secondary N) is 1. The predicted octanol–water partition coefficient (Wildman–Crippen LogP) is 6.82. The van der Waals surface area contributed by atoms with Crippen molar-refractivity contribution in [2.45, 2.75) is 62.6 Å². The number of anilines is 1. The highest BCUT2D eigenvalue weighted by Crippen LogP contribution is 2.30. The summed E-state index contributed by atoms with van der Waals surface area (Å²) < 4.78 is 29.5. The van der Waals surface area contributed by atoms with Gasteiger partial charge in [-0.15, -0.1) is 0 Å². The maximum Gasteiger partial charge on any atom is 0.264 e. The van der Waals surface area contributed by atoms with Gasteiger partial charge < -0.3 is 10.2 Å². The predicted molar refractivity (Wildman–Crippen MR) is 167 cm³/mol. The monoisotopic (exact) mass is 679 g/mol. The van der Waals surface area contributed by atoms with E-state index in [1.165, 1.54) is 17.0 Å². The molecule has 2 amide bonds. The molecule has 0 aromatic heterocycles. The fraction of sp³-hybridized carbons (Fsp3) is 0.333. The lowest BCUT2D eigenvalue weighted by atomic mass is 10.1. The molecule has 0 bridgehead atoms. The van der Waals surface area contributed by atoms with E-state index in [-0.39, 0.29) is 23.4 Å². The summed E-state index contributed by atoms with van der Waals surface area (Å²) in [5, 5.41) is 3.79. The van der Waals surface area contributed by atoms with Crippen LogP contribution in [0.3, 0.4) is 0 Å². The maximum atomic E-state index is 14.2. The van der Waals surface area contributed by atoms with Crippen LogP contribution in [-0.2, 0) is 26.2 Å². The highest BCUT2D eigenvalue weighted by Gasteiger charge is 2.35. The second-order valence-electron chi connectivity index (χ2n) is 9.94. The number of nitrogens with zero attached hydrogens (tertiary/aromatic N) is 2. The van der Waals surface area contributed by atoms with E-state index in [0.717, 1.165) is 30.0 Å². The lowest BCUT2D eigenvalue weighted by Crippen LogP contribution is -2.53. The van der Waals surface area contributed by atoms with E-state index in [4.69, 9.17) is 23.2 Å². The van der Waals surface area contributed by atoms with E-state index in [9.17, 15) is 18.0 Å². The van der Waals surface area contributed by atoms with Gasteiger partial charge in [0.1, 0.15) is 12.6 Å². The molecule has 3 aromatic rings. The first kappa shape index (κ1) is 31.3. The molecule has 1 aliphatic rings. The Morgan fingerprint density at radius 2 is 1.61 bits per heavy atom. The number of hydrogen-bond donors (Lipinski definition) is 1. The van der Waals surface area contributed by atoms with E-state index in [1.807, 2.05) is 6.92 Å².